The van der Waals surface area contributed by atoms with Crippen molar-refractivity contribution in [3.63, 3.8) is 0 Å². The van der Waals surface area contributed by atoms with Gasteiger partial charge in [-0.15, -0.1) is 0 Å². The van der Waals surface area contributed by atoms with E-state index in [9.17, 15) is 10.1 Å². The number of fused-ring (bicyclic) bond motifs is 2. The molecule has 0 saturated carbocycles. The second-order valence-corrected chi connectivity index (χ2v) is 9.41. The predicted octanol–water partition coefficient (Wildman–Crippen LogP) is 2.30. The Morgan fingerprint density at radius 3 is 3.00 bits per heavy atom. The number of azide groups is 1. The molecule has 2 saturated heterocycles. The number of nitrogens with one attached hydrogen (secondary N) is 1. The van der Waals surface area contributed by atoms with E-state index in [0.29, 0.717) is 17.8 Å². The first-order valence-electron chi connectivity index (χ1n) is 9.76. The maximum Gasteiger partial charge on any atom is 0.406 e. The van der Waals surface area contributed by atoms with E-state index in [1.807, 2.05) is 20.8 Å². The molecule has 2 fully saturated rings. The topological polar surface area (TPSA) is 184 Å². The van der Waals surface area contributed by atoms with Crippen molar-refractivity contribution < 1.29 is 23.1 Å². The second kappa shape index (κ2) is 7.90. The largest absolute Gasteiger partial charge is 0.476 e. The average molecular weight is 453 g/mol. The van der Waals surface area contributed by atoms with Gasteiger partial charge in [-0.1, -0.05) is 5.11 Å². The van der Waals surface area contributed by atoms with Gasteiger partial charge in [0, 0.05) is 11.0 Å². The van der Waals surface area contributed by atoms with Crippen LogP contribution in [-0.2, 0) is 18.3 Å². The Morgan fingerprint density at radius 1 is 1.55 bits per heavy atom. The molecule has 31 heavy (non-hydrogen) atoms. The van der Waals surface area contributed by atoms with Crippen molar-refractivity contribution in [1.82, 2.24) is 24.6 Å². The summed E-state index contributed by atoms with van der Waals surface area (Å²) in [4.78, 5) is 15.7. The summed E-state index contributed by atoms with van der Waals surface area (Å²) in [5.74, 6) is 0.221. The zero-order valence-electron chi connectivity index (χ0n) is 17.5. The van der Waals surface area contributed by atoms with Crippen molar-refractivity contribution in [3.05, 3.63) is 16.8 Å². The molecule has 0 amide bonds. The van der Waals surface area contributed by atoms with E-state index in [1.165, 1.54) is 6.33 Å². The van der Waals surface area contributed by atoms with Gasteiger partial charge in [0.05, 0.1) is 19.5 Å². The normalized spacial score (nSPS) is 32.7. The predicted molar refractivity (Wildman–Crippen MR) is 109 cm³/mol. The van der Waals surface area contributed by atoms with E-state index in [1.54, 1.807) is 11.5 Å². The van der Waals surface area contributed by atoms with Gasteiger partial charge < -0.3 is 15.2 Å². The second-order valence-electron chi connectivity index (χ2n) is 7.69. The number of imidazole rings is 1. The van der Waals surface area contributed by atoms with Gasteiger partial charge in [0.25, 0.3) is 0 Å². The number of anilines is 1. The number of nitrogen functional groups attached to an aromatic ring is 1. The third-order valence-electron chi connectivity index (χ3n) is 5.00. The molecule has 4 rings (SSSR count). The molecule has 0 radical (unpaired) electrons. The lowest BCUT2D eigenvalue weighted by Crippen LogP contribution is -2.47. The molecule has 3 N–H and O–H groups in total. The Bertz CT molecular complexity index is 1090. The van der Waals surface area contributed by atoms with Crippen LogP contribution in [-0.4, -0.2) is 56.5 Å². The highest BCUT2D eigenvalue weighted by Crippen LogP contribution is 2.57. The van der Waals surface area contributed by atoms with Crippen molar-refractivity contribution in [2.24, 2.45) is 5.11 Å². The molecule has 0 aliphatic carbocycles. The SMILES string of the molecule is CCOc1nc(N)nc2c1ncn2[C@@H]1O[C@@H]2COP(=O)(NC(C)C)O[C@H]2[C@@]1(C)N=[N+]=[N-]. The number of nitrogens with two attached hydrogens (primary N) is 1. The highest BCUT2D eigenvalue weighted by Gasteiger charge is 2.60. The zero-order valence-corrected chi connectivity index (χ0v) is 18.4. The lowest BCUT2D eigenvalue weighted by atomic mass is 9.93. The van der Waals surface area contributed by atoms with E-state index in [2.05, 4.69) is 30.1 Å². The van der Waals surface area contributed by atoms with Crippen molar-refractivity contribution in [2.45, 2.75) is 57.7 Å². The number of rotatable bonds is 6. The quantitative estimate of drug-likeness (QED) is 0.284. The van der Waals surface area contributed by atoms with Crippen LogP contribution >= 0.6 is 7.75 Å². The number of ether oxygens (including phenoxy) is 2. The lowest BCUT2D eigenvalue weighted by Gasteiger charge is -2.36. The Labute approximate surface area is 177 Å². The molecule has 1 unspecified atom stereocenters. The third-order valence-corrected chi connectivity index (χ3v) is 6.82. The van der Waals surface area contributed by atoms with Crippen LogP contribution in [0.4, 0.5) is 5.95 Å². The van der Waals surface area contributed by atoms with Gasteiger partial charge in [0.15, 0.2) is 17.4 Å². The van der Waals surface area contributed by atoms with E-state index in [0.717, 1.165) is 0 Å². The standard InChI is InChI=1S/C16H24N9O5P/c1-5-27-13-10-12(20-15(17)21-13)25(7-19-10)14-16(4,23-24-18)11-9(29-14)6-28-31(26,30-11)22-8(2)3/h7-9,11,14H,5-6H2,1-4H3,(H,22,26)(H2,17,20,21)/t9-,11-,14-,16-,31?/m1/s1. The fourth-order valence-corrected chi connectivity index (χ4v) is 5.61. The highest BCUT2D eigenvalue weighted by molar-refractivity contribution is 7.51. The Hall–Kier alpha value is -2.47. The first kappa shape index (κ1) is 21.8. The van der Waals surface area contributed by atoms with Crippen molar-refractivity contribution >= 4 is 24.9 Å². The molecule has 4 heterocycles. The number of hydrogen-bond acceptors (Lipinski definition) is 10. The van der Waals surface area contributed by atoms with Gasteiger partial charge in [-0.2, -0.15) is 9.97 Å². The van der Waals surface area contributed by atoms with Crippen LogP contribution in [0, 0.1) is 0 Å². The Kier molecular flexibility index (Phi) is 5.54. The fourth-order valence-electron chi connectivity index (χ4n) is 3.79. The summed E-state index contributed by atoms with van der Waals surface area (Å²) in [6, 6.07) is -0.152. The molecule has 5 atom stereocenters. The van der Waals surface area contributed by atoms with Crippen LogP contribution in [0.5, 0.6) is 5.88 Å². The molecule has 15 heteroatoms. The van der Waals surface area contributed by atoms with Crippen molar-refractivity contribution in [3.8, 4) is 5.88 Å². The molecule has 2 aliphatic heterocycles. The molecule has 0 aromatic carbocycles. The first-order valence-corrected chi connectivity index (χ1v) is 11.3. The monoisotopic (exact) mass is 453 g/mol. The highest BCUT2D eigenvalue weighted by atomic mass is 31.2. The molecule has 0 bridgehead atoms. The smallest absolute Gasteiger partial charge is 0.406 e. The molecule has 2 aromatic rings. The molecular formula is C16H24N9O5P. The summed E-state index contributed by atoms with van der Waals surface area (Å²) in [5, 5.41) is 6.79. The minimum absolute atomic E-state index is 0.0104. The molecular weight excluding hydrogens is 429 g/mol. The summed E-state index contributed by atoms with van der Waals surface area (Å²) in [5.41, 5.74) is 14.6. The minimum atomic E-state index is -3.62. The zero-order chi connectivity index (χ0) is 22.4. The number of hydrogen-bond donors (Lipinski definition) is 2. The van der Waals surface area contributed by atoms with E-state index < -0.39 is 31.7 Å². The van der Waals surface area contributed by atoms with E-state index in [4.69, 9.17) is 24.3 Å². The number of aromatic nitrogens is 4. The summed E-state index contributed by atoms with van der Waals surface area (Å²) in [7, 11) is -3.62. The van der Waals surface area contributed by atoms with Crippen LogP contribution in [0.3, 0.4) is 0 Å². The van der Waals surface area contributed by atoms with Crippen molar-refractivity contribution in [2.75, 3.05) is 18.9 Å². The molecule has 14 nitrogen and oxygen atoms in total. The number of nitrogens with zero attached hydrogens (tertiary/aromatic N) is 7. The molecule has 2 aromatic heterocycles. The van der Waals surface area contributed by atoms with E-state index in [-0.39, 0.29) is 24.5 Å². The molecule has 168 valence electrons. The molecule has 2 aliphatic rings. The maximum absolute atomic E-state index is 13.0. The maximum atomic E-state index is 13.0. The van der Waals surface area contributed by atoms with Crippen LogP contribution in [0.1, 0.15) is 33.9 Å². The van der Waals surface area contributed by atoms with Gasteiger partial charge in [-0.05, 0) is 33.2 Å². The summed E-state index contributed by atoms with van der Waals surface area (Å²) in [6.45, 7) is 7.46. The fraction of sp³-hybridized carbons (Fsp3) is 0.688. The lowest BCUT2D eigenvalue weighted by molar-refractivity contribution is -0.0588. The van der Waals surface area contributed by atoms with Crippen LogP contribution in [0.25, 0.3) is 21.6 Å². The van der Waals surface area contributed by atoms with Gasteiger partial charge in [-0.25, -0.2) is 14.6 Å². The minimum Gasteiger partial charge on any atom is -0.476 e. The summed E-state index contributed by atoms with van der Waals surface area (Å²) >= 11 is 0. The first-order chi connectivity index (χ1) is 14.7. The average Bonchev–Trinajstić information content (AvgIpc) is 3.20. The Morgan fingerprint density at radius 2 is 2.32 bits per heavy atom. The van der Waals surface area contributed by atoms with Gasteiger partial charge in [0.1, 0.15) is 17.7 Å². The molecule has 0 spiro atoms. The van der Waals surface area contributed by atoms with E-state index >= 15 is 0 Å². The van der Waals surface area contributed by atoms with Gasteiger partial charge >= 0.3 is 7.75 Å². The summed E-state index contributed by atoms with van der Waals surface area (Å²) in [6.07, 6.45) is -0.899. The van der Waals surface area contributed by atoms with Crippen LogP contribution in [0.15, 0.2) is 11.4 Å². The van der Waals surface area contributed by atoms with Crippen molar-refractivity contribution in [1.29, 1.82) is 0 Å². The van der Waals surface area contributed by atoms with Crippen LogP contribution in [0.2, 0.25) is 0 Å². The Balaban J connectivity index is 1.78. The third kappa shape index (κ3) is 3.71. The summed E-state index contributed by atoms with van der Waals surface area (Å²) < 4.78 is 37.5. The van der Waals surface area contributed by atoms with Gasteiger partial charge in [0.2, 0.25) is 11.8 Å². The van der Waals surface area contributed by atoms with Gasteiger partial charge in [-0.3, -0.25) is 13.6 Å². The van der Waals surface area contributed by atoms with Crippen LogP contribution < -0.4 is 15.6 Å².